The van der Waals surface area contributed by atoms with Crippen LogP contribution >= 0.6 is 0 Å². The van der Waals surface area contributed by atoms with Crippen molar-refractivity contribution in [3.05, 3.63) is 71.8 Å². The topological polar surface area (TPSA) is 74.7 Å². The van der Waals surface area contributed by atoms with Crippen molar-refractivity contribution >= 4 is 17.7 Å². The predicted molar refractivity (Wildman–Crippen MR) is 100 cm³/mol. The summed E-state index contributed by atoms with van der Waals surface area (Å²) in [6, 6.07) is 12.1. The van der Waals surface area contributed by atoms with Gasteiger partial charge in [0.25, 0.3) is 5.91 Å². The quantitative estimate of drug-likeness (QED) is 0.637. The van der Waals surface area contributed by atoms with E-state index in [1.54, 1.807) is 63.5 Å². The number of carbonyl (C=O) groups is 3. The van der Waals surface area contributed by atoms with Crippen molar-refractivity contribution < 1.29 is 19.5 Å². The van der Waals surface area contributed by atoms with Gasteiger partial charge in [0.2, 0.25) is 0 Å². The van der Waals surface area contributed by atoms with Gasteiger partial charge in [0, 0.05) is 25.2 Å². The maximum Gasteiger partial charge on any atom is 0.310 e. The van der Waals surface area contributed by atoms with Crippen LogP contribution in [0.4, 0.5) is 0 Å². The second-order valence-corrected chi connectivity index (χ2v) is 6.18. The number of aliphatic carboxylic acids is 1. The summed E-state index contributed by atoms with van der Waals surface area (Å²) in [5, 5.41) is 9.33. The third-order valence-corrected chi connectivity index (χ3v) is 4.22. The average Bonchev–Trinajstić information content (AvgIpc) is 2.65. The van der Waals surface area contributed by atoms with E-state index in [1.165, 1.54) is 11.0 Å². The Morgan fingerprint density at radius 3 is 2.31 bits per heavy atom. The molecule has 0 saturated heterocycles. The lowest BCUT2D eigenvalue weighted by Crippen LogP contribution is -2.24. The highest BCUT2D eigenvalue weighted by Crippen LogP contribution is 2.30. The Labute approximate surface area is 152 Å². The minimum absolute atomic E-state index is 0.218. The molecule has 0 aliphatic heterocycles. The third-order valence-electron chi connectivity index (χ3n) is 4.22. The van der Waals surface area contributed by atoms with Gasteiger partial charge in [-0.3, -0.25) is 14.4 Å². The Kier molecular flexibility index (Phi) is 5.72. The molecule has 0 aromatic heterocycles. The Balaban J connectivity index is 2.69. The van der Waals surface area contributed by atoms with Crippen molar-refractivity contribution in [2.45, 2.75) is 12.8 Å². The van der Waals surface area contributed by atoms with E-state index in [9.17, 15) is 19.5 Å². The van der Waals surface area contributed by atoms with Gasteiger partial charge in [-0.05, 0) is 35.8 Å². The first-order chi connectivity index (χ1) is 12.3. The molecule has 0 aliphatic carbocycles. The zero-order chi connectivity index (χ0) is 19.4. The Bertz CT molecular complexity index is 883. The molecule has 1 unspecified atom stereocenters. The number of hydrogen-bond acceptors (Lipinski definition) is 3. The van der Waals surface area contributed by atoms with Gasteiger partial charge in [-0.1, -0.05) is 43.0 Å². The molecule has 1 atom stereocenters. The maximum atomic E-state index is 12.6. The summed E-state index contributed by atoms with van der Waals surface area (Å²) in [4.78, 5) is 37.5. The standard InChI is InChI=1S/C21H21NO4/c1-5-19(23)17-9-7-6-8-16(17)14-10-11-15(13(2)21(25)26)18(12-14)20(24)22(3)4/h5-13H,1H2,2-4H3,(H,25,26). The van der Waals surface area contributed by atoms with Gasteiger partial charge in [-0.2, -0.15) is 0 Å². The molecule has 0 heterocycles. The molecular formula is C21H21NO4. The molecule has 134 valence electrons. The van der Waals surface area contributed by atoms with E-state index in [0.717, 1.165) is 0 Å². The summed E-state index contributed by atoms with van der Waals surface area (Å²) in [6.45, 7) is 5.06. The van der Waals surface area contributed by atoms with Gasteiger partial charge in [0.05, 0.1) is 5.92 Å². The smallest absolute Gasteiger partial charge is 0.310 e. The second-order valence-electron chi connectivity index (χ2n) is 6.18. The van der Waals surface area contributed by atoms with E-state index in [-0.39, 0.29) is 11.7 Å². The van der Waals surface area contributed by atoms with Crippen LogP contribution < -0.4 is 0 Å². The van der Waals surface area contributed by atoms with E-state index < -0.39 is 11.9 Å². The summed E-state index contributed by atoms with van der Waals surface area (Å²) < 4.78 is 0. The molecule has 0 spiro atoms. The second kappa shape index (κ2) is 7.78. The molecule has 2 aromatic carbocycles. The first-order valence-electron chi connectivity index (χ1n) is 8.12. The molecule has 26 heavy (non-hydrogen) atoms. The van der Waals surface area contributed by atoms with Gasteiger partial charge in [-0.25, -0.2) is 0 Å². The van der Waals surface area contributed by atoms with Gasteiger partial charge in [0.15, 0.2) is 5.78 Å². The fraction of sp³-hybridized carbons (Fsp3) is 0.190. The summed E-state index contributed by atoms with van der Waals surface area (Å²) in [7, 11) is 3.22. The Morgan fingerprint density at radius 2 is 1.73 bits per heavy atom. The predicted octanol–water partition coefficient (Wildman–Crippen LogP) is 3.61. The fourth-order valence-electron chi connectivity index (χ4n) is 2.72. The van der Waals surface area contributed by atoms with Crippen LogP contribution in [0.15, 0.2) is 55.1 Å². The van der Waals surface area contributed by atoms with Crippen molar-refractivity contribution in [2.75, 3.05) is 14.1 Å². The highest BCUT2D eigenvalue weighted by atomic mass is 16.4. The summed E-state index contributed by atoms with van der Waals surface area (Å²) in [5.41, 5.74) is 2.56. The maximum absolute atomic E-state index is 12.6. The number of hydrogen-bond donors (Lipinski definition) is 1. The van der Waals surface area contributed by atoms with Gasteiger partial charge in [-0.15, -0.1) is 0 Å². The van der Waals surface area contributed by atoms with Crippen molar-refractivity contribution in [1.82, 2.24) is 4.90 Å². The zero-order valence-corrected chi connectivity index (χ0v) is 15.0. The molecule has 1 amide bonds. The molecule has 0 aliphatic rings. The van der Waals surface area contributed by atoms with Crippen LogP contribution in [0.3, 0.4) is 0 Å². The summed E-state index contributed by atoms with van der Waals surface area (Å²) in [5.74, 6) is -2.34. The van der Waals surface area contributed by atoms with Crippen LogP contribution in [-0.2, 0) is 4.79 Å². The largest absolute Gasteiger partial charge is 0.481 e. The molecule has 2 rings (SSSR count). The summed E-state index contributed by atoms with van der Waals surface area (Å²) in [6.07, 6.45) is 1.24. The van der Waals surface area contributed by atoms with E-state index in [2.05, 4.69) is 6.58 Å². The number of carbonyl (C=O) groups excluding carboxylic acids is 2. The van der Waals surface area contributed by atoms with E-state index in [4.69, 9.17) is 0 Å². The number of allylic oxidation sites excluding steroid dienone is 1. The van der Waals surface area contributed by atoms with Crippen LogP contribution in [-0.4, -0.2) is 41.8 Å². The monoisotopic (exact) mass is 351 g/mol. The Morgan fingerprint density at radius 1 is 1.08 bits per heavy atom. The van der Waals surface area contributed by atoms with E-state index in [0.29, 0.717) is 27.8 Å². The van der Waals surface area contributed by atoms with E-state index in [1.807, 2.05) is 0 Å². The number of amides is 1. The zero-order valence-electron chi connectivity index (χ0n) is 15.0. The van der Waals surface area contributed by atoms with Crippen LogP contribution in [0.2, 0.25) is 0 Å². The highest BCUT2D eigenvalue weighted by molar-refractivity contribution is 6.09. The number of carboxylic acids is 1. The third kappa shape index (κ3) is 3.72. The molecule has 0 radical (unpaired) electrons. The molecule has 2 aromatic rings. The summed E-state index contributed by atoms with van der Waals surface area (Å²) >= 11 is 0. The van der Waals surface area contributed by atoms with Crippen LogP contribution in [0.25, 0.3) is 11.1 Å². The Hall–Kier alpha value is -3.21. The lowest BCUT2D eigenvalue weighted by molar-refractivity contribution is -0.138. The van der Waals surface area contributed by atoms with Gasteiger partial charge >= 0.3 is 5.97 Å². The van der Waals surface area contributed by atoms with Crippen molar-refractivity contribution in [2.24, 2.45) is 0 Å². The lowest BCUT2D eigenvalue weighted by Gasteiger charge is -2.18. The molecule has 5 heteroatoms. The minimum atomic E-state index is -1.01. The number of rotatable bonds is 6. The molecular weight excluding hydrogens is 330 g/mol. The first kappa shape index (κ1) is 19.1. The number of nitrogens with zero attached hydrogens (tertiary/aromatic N) is 1. The number of benzene rings is 2. The minimum Gasteiger partial charge on any atom is -0.481 e. The molecule has 1 N–H and O–H groups in total. The van der Waals surface area contributed by atoms with Crippen LogP contribution in [0.1, 0.15) is 39.1 Å². The van der Waals surface area contributed by atoms with Gasteiger partial charge in [0.1, 0.15) is 0 Å². The van der Waals surface area contributed by atoms with Gasteiger partial charge < -0.3 is 10.0 Å². The molecule has 0 saturated carbocycles. The highest BCUT2D eigenvalue weighted by Gasteiger charge is 2.23. The molecule has 5 nitrogen and oxygen atoms in total. The normalized spacial score (nSPS) is 11.5. The SMILES string of the molecule is C=CC(=O)c1ccccc1-c1ccc(C(C)C(=O)O)c(C(=O)N(C)C)c1. The van der Waals surface area contributed by atoms with Crippen molar-refractivity contribution in [1.29, 1.82) is 0 Å². The number of ketones is 1. The van der Waals surface area contributed by atoms with Crippen molar-refractivity contribution in [3.63, 3.8) is 0 Å². The first-order valence-corrected chi connectivity index (χ1v) is 8.12. The van der Waals surface area contributed by atoms with E-state index >= 15 is 0 Å². The molecule has 0 fully saturated rings. The fourth-order valence-corrected chi connectivity index (χ4v) is 2.72. The van der Waals surface area contributed by atoms with Crippen LogP contribution in [0.5, 0.6) is 0 Å². The number of carboxylic acid groups (broad SMARTS) is 1. The lowest BCUT2D eigenvalue weighted by atomic mass is 9.89. The van der Waals surface area contributed by atoms with Crippen LogP contribution in [0, 0.1) is 0 Å². The van der Waals surface area contributed by atoms with Crippen molar-refractivity contribution in [3.8, 4) is 11.1 Å². The molecule has 0 bridgehead atoms. The average molecular weight is 351 g/mol.